The third-order valence-electron chi connectivity index (χ3n) is 3.96. The van der Waals surface area contributed by atoms with Crippen molar-refractivity contribution in [2.45, 2.75) is 51.1 Å². The van der Waals surface area contributed by atoms with E-state index in [4.69, 9.17) is 10.2 Å². The lowest BCUT2D eigenvalue weighted by Crippen LogP contribution is -2.61. The number of aliphatic hydroxyl groups excluding tert-OH is 1. The molecule has 0 rings (SSSR count). The van der Waals surface area contributed by atoms with Gasteiger partial charge in [0.25, 0.3) is 0 Å². The number of hydrogen-bond donors (Lipinski definition) is 2. The molecule has 0 atom stereocenters. The van der Waals surface area contributed by atoms with Crippen molar-refractivity contribution in [3.05, 3.63) is 49.1 Å². The third kappa shape index (κ3) is 20.7. The van der Waals surface area contributed by atoms with Crippen molar-refractivity contribution >= 4 is 23.9 Å². The molecule has 0 radical (unpaired) electrons. The van der Waals surface area contributed by atoms with Gasteiger partial charge in [0.2, 0.25) is 0 Å². The van der Waals surface area contributed by atoms with Gasteiger partial charge in [-0.1, -0.05) is 26.3 Å². The molecule has 19 heteroatoms. The van der Waals surface area contributed by atoms with Crippen LogP contribution in [0, 0.1) is 0 Å². The van der Waals surface area contributed by atoms with Gasteiger partial charge in [-0.2, -0.15) is 39.5 Å². The summed E-state index contributed by atoms with van der Waals surface area (Å²) >= 11 is 0. The van der Waals surface area contributed by atoms with Crippen LogP contribution in [0.4, 0.5) is 39.5 Å². The molecule has 0 saturated heterocycles. The normalized spacial score (nSPS) is 11.0. The molecule has 0 aliphatic heterocycles. The molecule has 10 nitrogen and oxygen atoms in total. The molecule has 0 unspecified atom stereocenters. The van der Waals surface area contributed by atoms with Gasteiger partial charge < -0.3 is 29.2 Å². The summed E-state index contributed by atoms with van der Waals surface area (Å²) in [5.41, 5.74) is 0.793. The number of methoxy groups -OCH3 is 1. The number of esters is 3. The van der Waals surface area contributed by atoms with Crippen molar-refractivity contribution in [3.8, 4) is 0 Å². The summed E-state index contributed by atoms with van der Waals surface area (Å²) < 4.78 is 130. The van der Waals surface area contributed by atoms with Gasteiger partial charge in [-0.15, -0.1) is 0 Å². The first-order valence-corrected chi connectivity index (χ1v) is 11.8. The van der Waals surface area contributed by atoms with Crippen LogP contribution >= 0.6 is 0 Å². The number of carboxylic acid groups (broad SMARTS) is 1. The first-order chi connectivity index (χ1) is 20.2. The zero-order chi connectivity index (χ0) is 36.8. The minimum atomic E-state index is -6.92. The summed E-state index contributed by atoms with van der Waals surface area (Å²) in [6.07, 6.45) is -8.11. The predicted octanol–water partition coefficient (Wildman–Crippen LogP) is 5.07. The Balaban J connectivity index is -0.000000323. The molecular formula is C26H35F9O10. The molecule has 0 aromatic rings. The van der Waals surface area contributed by atoms with E-state index in [2.05, 4.69) is 45.3 Å². The summed E-state index contributed by atoms with van der Waals surface area (Å²) in [6.45, 7) is 14.9. The third-order valence-corrected chi connectivity index (χ3v) is 3.96. The molecule has 0 aromatic carbocycles. The molecule has 0 aromatic heterocycles. The number of alkyl halides is 9. The maximum atomic E-state index is 13.1. The van der Waals surface area contributed by atoms with Crippen molar-refractivity contribution in [2.75, 3.05) is 40.1 Å². The quantitative estimate of drug-likeness (QED) is 0.0840. The molecule has 262 valence electrons. The number of halogens is 9. The smallest absolute Gasteiger partial charge is 0.460 e. The first-order valence-electron chi connectivity index (χ1n) is 11.8. The maximum Gasteiger partial charge on any atom is 0.460 e. The number of ether oxygens (including phenoxy) is 4. The number of carboxylic acids is 1. The van der Waals surface area contributed by atoms with Crippen LogP contribution < -0.4 is 0 Å². The zero-order valence-corrected chi connectivity index (χ0v) is 24.7. The second-order valence-corrected chi connectivity index (χ2v) is 8.08. The van der Waals surface area contributed by atoms with Gasteiger partial charge in [0.1, 0.15) is 13.2 Å². The average molecular weight is 679 g/mol. The number of carbonyl (C=O) groups is 4. The molecule has 45 heavy (non-hydrogen) atoms. The largest absolute Gasteiger partial charge is 0.478 e. The van der Waals surface area contributed by atoms with Gasteiger partial charge >= 0.3 is 47.8 Å². The van der Waals surface area contributed by atoms with E-state index in [9.17, 15) is 58.7 Å². The molecule has 0 aliphatic carbocycles. The van der Waals surface area contributed by atoms with E-state index in [1.165, 1.54) is 14.0 Å². The fourth-order valence-corrected chi connectivity index (χ4v) is 1.62. The van der Waals surface area contributed by atoms with Crippen LogP contribution in [0.3, 0.4) is 0 Å². The van der Waals surface area contributed by atoms with Crippen LogP contribution in [0.5, 0.6) is 0 Å². The van der Waals surface area contributed by atoms with E-state index in [1.807, 2.05) is 0 Å². The second kappa shape index (κ2) is 22.6. The van der Waals surface area contributed by atoms with Gasteiger partial charge in [0, 0.05) is 29.2 Å². The average Bonchev–Trinajstić information content (AvgIpc) is 2.92. The molecular weight excluding hydrogens is 643 g/mol. The standard InChI is InChI=1S/C12H13F9O3.C6H10O3.C5H8O2.C3H4O2/c1-7(2)8(22)24-6-5-23-4-3-9(13,14)10(15,16)11(17,18)12(19,20)21;1-5(2)6(8)9-4-3-7;1-4(2)5(6)7-3;1-2-3(4)5/h1,3-6H2,2H3;7H,1,3-4H2,2H3;1H2,2-3H3;2H,1H2,(H,4,5). The van der Waals surface area contributed by atoms with Crippen molar-refractivity contribution in [1.82, 2.24) is 0 Å². The Morgan fingerprint density at radius 2 is 1.07 bits per heavy atom. The molecule has 0 aliphatic rings. The maximum absolute atomic E-state index is 13.1. The highest BCUT2D eigenvalue weighted by molar-refractivity contribution is 5.87. The highest BCUT2D eigenvalue weighted by Gasteiger charge is 2.81. The Kier molecular flexibility index (Phi) is 24.1. The molecule has 0 heterocycles. The van der Waals surface area contributed by atoms with Gasteiger partial charge in [0.15, 0.2) is 0 Å². The Labute approximate surface area is 252 Å². The summed E-state index contributed by atoms with van der Waals surface area (Å²) in [6, 6.07) is 0. The SMILES string of the molecule is C=C(C)C(=O)OC.C=C(C)C(=O)OCCO.C=C(C)C(=O)OCCOCCC(F)(F)C(F)(F)C(F)(F)C(F)(F)F.C=CC(=O)O. The molecule has 0 saturated carbocycles. The van der Waals surface area contributed by atoms with Crippen molar-refractivity contribution in [3.63, 3.8) is 0 Å². The van der Waals surface area contributed by atoms with Gasteiger partial charge in [-0.3, -0.25) is 0 Å². The van der Waals surface area contributed by atoms with Crippen molar-refractivity contribution in [2.24, 2.45) is 0 Å². The Bertz CT molecular complexity index is 1010. The van der Waals surface area contributed by atoms with Crippen LogP contribution in [-0.2, 0) is 38.1 Å². The van der Waals surface area contributed by atoms with Crippen molar-refractivity contribution < 1.29 is 87.9 Å². The predicted molar refractivity (Wildman–Crippen MR) is 140 cm³/mol. The van der Waals surface area contributed by atoms with Crippen LogP contribution in [0.1, 0.15) is 27.2 Å². The van der Waals surface area contributed by atoms with Gasteiger partial charge in [-0.25, -0.2) is 19.2 Å². The van der Waals surface area contributed by atoms with Gasteiger partial charge in [-0.05, 0) is 20.8 Å². The van der Waals surface area contributed by atoms with E-state index in [0.717, 1.165) is 6.08 Å². The summed E-state index contributed by atoms with van der Waals surface area (Å²) in [5, 5.41) is 15.8. The lowest BCUT2D eigenvalue weighted by Gasteiger charge is -2.33. The number of hydrogen-bond acceptors (Lipinski definition) is 9. The summed E-state index contributed by atoms with van der Waals surface area (Å²) in [4.78, 5) is 40.8. The zero-order valence-electron chi connectivity index (χ0n) is 24.7. The van der Waals surface area contributed by atoms with Gasteiger partial charge in [0.05, 0.1) is 26.9 Å². The molecule has 0 bridgehead atoms. The fraction of sp³-hybridized carbons (Fsp3) is 0.538. The minimum Gasteiger partial charge on any atom is -0.478 e. The van der Waals surface area contributed by atoms with Crippen LogP contribution in [-0.4, -0.2) is 98.2 Å². The van der Waals surface area contributed by atoms with Crippen molar-refractivity contribution in [1.29, 1.82) is 0 Å². The monoisotopic (exact) mass is 678 g/mol. The highest BCUT2D eigenvalue weighted by atomic mass is 19.4. The Morgan fingerprint density at radius 1 is 0.689 bits per heavy atom. The lowest BCUT2D eigenvalue weighted by atomic mass is 10.0. The Morgan fingerprint density at radius 3 is 1.33 bits per heavy atom. The number of rotatable bonds is 14. The molecule has 0 fully saturated rings. The first kappa shape index (κ1) is 48.0. The molecule has 0 spiro atoms. The highest BCUT2D eigenvalue weighted by Crippen LogP contribution is 2.53. The number of carbonyl (C=O) groups excluding carboxylic acids is 3. The van der Waals surface area contributed by atoms with Crippen LogP contribution in [0.25, 0.3) is 0 Å². The number of aliphatic carboxylic acids is 1. The number of aliphatic hydroxyl groups is 1. The van der Waals surface area contributed by atoms with Crippen LogP contribution in [0.2, 0.25) is 0 Å². The second-order valence-electron chi connectivity index (χ2n) is 8.08. The van der Waals surface area contributed by atoms with E-state index >= 15 is 0 Å². The summed E-state index contributed by atoms with van der Waals surface area (Å²) in [7, 11) is 1.33. The van der Waals surface area contributed by atoms with E-state index < -0.39 is 68.1 Å². The summed E-state index contributed by atoms with van der Waals surface area (Å²) in [5.74, 6) is -21.9. The Hall–Kier alpha value is -3.87. The minimum absolute atomic E-state index is 0.00978. The lowest BCUT2D eigenvalue weighted by molar-refractivity contribution is -0.397. The van der Waals surface area contributed by atoms with E-state index in [-0.39, 0.29) is 24.8 Å². The van der Waals surface area contributed by atoms with Crippen LogP contribution in [0.15, 0.2) is 49.1 Å². The topological polar surface area (TPSA) is 146 Å². The fourth-order valence-electron chi connectivity index (χ4n) is 1.62. The molecule has 2 N–H and O–H groups in total. The molecule has 0 amide bonds. The van der Waals surface area contributed by atoms with E-state index in [1.54, 1.807) is 13.8 Å². The van der Waals surface area contributed by atoms with E-state index in [0.29, 0.717) is 11.1 Å².